The Morgan fingerprint density at radius 2 is 1.82 bits per heavy atom. The molecule has 0 atom stereocenters. The first-order chi connectivity index (χ1) is 18.5. The molecule has 5 rings (SSSR count). The van der Waals surface area contributed by atoms with E-state index in [1.54, 1.807) is 6.07 Å². The maximum absolute atomic E-state index is 12.6. The molecule has 1 aliphatic heterocycles. The number of pyridine rings is 1. The minimum atomic E-state index is -3.81. The number of sulfonamides is 1. The quantitative estimate of drug-likeness (QED) is 0.429. The van der Waals surface area contributed by atoms with Crippen LogP contribution in [0.2, 0.25) is 0 Å². The minimum Gasteiger partial charge on any atom is -0.458 e. The number of carbonyl (C=O) groups excluding carboxylic acids is 1. The van der Waals surface area contributed by atoms with Crippen LogP contribution < -0.4 is 14.4 Å². The number of benzene rings is 2. The lowest BCUT2D eigenvalue weighted by molar-refractivity contribution is 0.0377. The van der Waals surface area contributed by atoms with Crippen LogP contribution in [0.1, 0.15) is 45.6 Å². The summed E-state index contributed by atoms with van der Waals surface area (Å²) in [5.41, 5.74) is 3.10. The Labute approximate surface area is 228 Å². The van der Waals surface area contributed by atoms with Crippen LogP contribution in [-0.2, 0) is 20.3 Å². The summed E-state index contributed by atoms with van der Waals surface area (Å²) in [6.45, 7) is 5.17. The topological polar surface area (TPSA) is 122 Å². The van der Waals surface area contributed by atoms with Crippen LogP contribution in [0, 0.1) is 11.3 Å². The summed E-state index contributed by atoms with van der Waals surface area (Å²) in [4.78, 5) is 17.3. The predicted octanol–water partition coefficient (Wildman–Crippen LogP) is 5.33. The first kappa shape index (κ1) is 26.5. The predicted molar refractivity (Wildman–Crippen MR) is 147 cm³/mol. The molecule has 0 spiro atoms. The highest BCUT2D eigenvalue weighted by Crippen LogP contribution is 2.44. The van der Waals surface area contributed by atoms with Gasteiger partial charge in [0, 0.05) is 11.1 Å². The third kappa shape index (κ3) is 5.27. The van der Waals surface area contributed by atoms with E-state index in [1.165, 1.54) is 0 Å². The lowest BCUT2D eigenvalue weighted by Crippen LogP contribution is -2.52. The average Bonchev–Trinajstić information content (AvgIpc) is 2.87. The summed E-state index contributed by atoms with van der Waals surface area (Å²) >= 11 is 0. The second kappa shape index (κ2) is 9.89. The molecule has 1 aromatic heterocycles. The van der Waals surface area contributed by atoms with E-state index in [4.69, 9.17) is 14.5 Å². The molecule has 9 nitrogen and oxygen atoms in total. The number of carbonyl (C=O) groups is 1. The molecule has 0 saturated heterocycles. The number of nitrogens with one attached hydrogen (secondary N) is 1. The Morgan fingerprint density at radius 1 is 1.13 bits per heavy atom. The fourth-order valence-corrected chi connectivity index (χ4v) is 5.96. The van der Waals surface area contributed by atoms with Gasteiger partial charge >= 0.3 is 6.09 Å². The largest absolute Gasteiger partial charge is 0.458 e. The van der Waals surface area contributed by atoms with E-state index in [2.05, 4.69) is 5.32 Å². The summed E-state index contributed by atoms with van der Waals surface area (Å²) in [5.74, 6) is -0.433. The molecule has 2 aliphatic rings. The van der Waals surface area contributed by atoms with Gasteiger partial charge in [-0.25, -0.2) is 22.5 Å². The van der Waals surface area contributed by atoms with Gasteiger partial charge in [-0.1, -0.05) is 54.6 Å². The fraction of sp³-hybridized carbons (Fsp3) is 0.345. The van der Waals surface area contributed by atoms with Gasteiger partial charge in [0.15, 0.2) is 0 Å². The van der Waals surface area contributed by atoms with Gasteiger partial charge in [-0.15, -0.1) is 0 Å². The van der Waals surface area contributed by atoms with Crippen LogP contribution >= 0.6 is 0 Å². The van der Waals surface area contributed by atoms with Crippen molar-refractivity contribution in [1.82, 2.24) is 10.3 Å². The summed E-state index contributed by atoms with van der Waals surface area (Å²) < 4.78 is 37.4. The Bertz CT molecular complexity index is 1540. The van der Waals surface area contributed by atoms with Crippen LogP contribution in [0.4, 0.5) is 10.5 Å². The third-order valence-electron chi connectivity index (χ3n) is 6.88. The molecule has 0 bridgehead atoms. The molecule has 2 aromatic carbocycles. The lowest BCUT2D eigenvalue weighted by Gasteiger charge is -2.43. The number of fused-ring (bicyclic) bond motifs is 1. The number of hydrogen-bond acceptors (Lipinski definition) is 7. The molecule has 0 unspecified atom stereocenters. The molecule has 1 saturated carbocycles. The first-order valence-electron chi connectivity index (χ1n) is 12.7. The summed E-state index contributed by atoms with van der Waals surface area (Å²) in [5, 5.41) is 12.3. The molecule has 10 heteroatoms. The first-order valence-corrected chi connectivity index (χ1v) is 14.3. The van der Waals surface area contributed by atoms with Crippen LogP contribution in [-0.4, -0.2) is 37.6 Å². The number of rotatable bonds is 5. The molecule has 2 heterocycles. The molecule has 39 heavy (non-hydrogen) atoms. The van der Waals surface area contributed by atoms with Crippen molar-refractivity contribution in [3.63, 3.8) is 0 Å². The van der Waals surface area contributed by atoms with E-state index in [0.29, 0.717) is 11.3 Å². The molecule has 0 radical (unpaired) electrons. The zero-order chi connectivity index (χ0) is 27.8. The number of nitriles is 1. The highest BCUT2D eigenvalue weighted by molar-refractivity contribution is 7.92. The van der Waals surface area contributed by atoms with Gasteiger partial charge in [0.05, 0.1) is 17.3 Å². The molecule has 1 N–H and O–H groups in total. The van der Waals surface area contributed by atoms with Crippen molar-refractivity contribution in [3.8, 4) is 34.3 Å². The standard InChI is InChI=1S/C29H30N4O5S/c1-28(2,3)38-27(34)32-29(14-7-15-29)22-12-10-21(11-13-22)25-23(20-8-5-4-6-9-20)18-24-26(31-25)37-19-39(35,36)33(24)17-16-30/h4-6,8-13,18H,7,14-15,17,19H2,1-3H3,(H,32,34). The number of ether oxygens (including phenoxy) is 2. The molecule has 3 aromatic rings. The average molecular weight is 547 g/mol. The Balaban J connectivity index is 1.55. The molecule has 202 valence electrons. The monoisotopic (exact) mass is 546 g/mol. The van der Waals surface area contributed by atoms with Gasteiger partial charge < -0.3 is 14.8 Å². The Hall–Kier alpha value is -4.10. The van der Waals surface area contributed by atoms with E-state index in [0.717, 1.165) is 40.3 Å². The SMILES string of the molecule is CC(C)(C)OC(=O)NC1(c2ccc(-c3nc4c(cc3-c3ccccc3)N(CC#N)S(=O)(=O)CO4)cc2)CCC1. The van der Waals surface area contributed by atoms with E-state index in [1.807, 2.05) is 81.4 Å². The maximum atomic E-state index is 12.6. The van der Waals surface area contributed by atoms with Crippen molar-refractivity contribution >= 4 is 21.8 Å². The fourth-order valence-electron chi connectivity index (χ4n) is 4.88. The zero-order valence-corrected chi connectivity index (χ0v) is 22.9. The van der Waals surface area contributed by atoms with Crippen molar-refractivity contribution in [2.24, 2.45) is 0 Å². The second-order valence-electron chi connectivity index (χ2n) is 10.8. The molecule has 1 aliphatic carbocycles. The minimum absolute atomic E-state index is 0.154. The van der Waals surface area contributed by atoms with Crippen LogP contribution in [0.25, 0.3) is 22.4 Å². The molecular formula is C29H30N4O5S. The van der Waals surface area contributed by atoms with E-state index in [-0.39, 0.29) is 18.1 Å². The number of amides is 1. The van der Waals surface area contributed by atoms with E-state index >= 15 is 0 Å². The summed E-state index contributed by atoms with van der Waals surface area (Å²) in [6, 6.07) is 21.0. The van der Waals surface area contributed by atoms with Crippen LogP contribution in [0.15, 0.2) is 60.7 Å². The van der Waals surface area contributed by atoms with Crippen molar-refractivity contribution in [2.45, 2.75) is 51.2 Å². The summed E-state index contributed by atoms with van der Waals surface area (Å²) in [6.07, 6.45) is 2.19. The lowest BCUT2D eigenvalue weighted by atomic mass is 9.71. The number of alkyl carbamates (subject to hydrolysis) is 1. The van der Waals surface area contributed by atoms with Crippen molar-refractivity contribution in [3.05, 3.63) is 66.2 Å². The number of anilines is 1. The zero-order valence-electron chi connectivity index (χ0n) is 22.1. The van der Waals surface area contributed by atoms with Gasteiger partial charge in [-0.3, -0.25) is 0 Å². The van der Waals surface area contributed by atoms with E-state index < -0.39 is 33.2 Å². The van der Waals surface area contributed by atoms with Crippen LogP contribution in [0.3, 0.4) is 0 Å². The van der Waals surface area contributed by atoms with Gasteiger partial charge in [0.1, 0.15) is 17.8 Å². The number of aromatic nitrogens is 1. The van der Waals surface area contributed by atoms with Crippen molar-refractivity contribution in [1.29, 1.82) is 5.26 Å². The number of hydrogen-bond donors (Lipinski definition) is 1. The maximum Gasteiger partial charge on any atom is 0.408 e. The smallest absolute Gasteiger partial charge is 0.408 e. The van der Waals surface area contributed by atoms with Crippen LogP contribution in [0.5, 0.6) is 5.88 Å². The van der Waals surface area contributed by atoms with Gasteiger partial charge in [0.25, 0.3) is 10.0 Å². The molecule has 1 amide bonds. The Morgan fingerprint density at radius 3 is 2.41 bits per heavy atom. The third-order valence-corrected chi connectivity index (χ3v) is 8.29. The highest BCUT2D eigenvalue weighted by atomic mass is 32.2. The van der Waals surface area contributed by atoms with Gasteiger partial charge in [-0.05, 0) is 57.2 Å². The van der Waals surface area contributed by atoms with Crippen molar-refractivity contribution < 1.29 is 22.7 Å². The molecule has 1 fully saturated rings. The highest BCUT2D eigenvalue weighted by Gasteiger charge is 2.41. The second-order valence-corrected chi connectivity index (χ2v) is 12.6. The van der Waals surface area contributed by atoms with Gasteiger partial charge in [-0.2, -0.15) is 5.26 Å². The van der Waals surface area contributed by atoms with Crippen molar-refractivity contribution in [2.75, 3.05) is 16.8 Å². The number of nitrogens with zero attached hydrogens (tertiary/aromatic N) is 3. The summed E-state index contributed by atoms with van der Waals surface area (Å²) in [7, 11) is -3.81. The Kier molecular flexibility index (Phi) is 6.72. The molecular weight excluding hydrogens is 516 g/mol. The van der Waals surface area contributed by atoms with E-state index in [9.17, 15) is 18.5 Å². The van der Waals surface area contributed by atoms with Gasteiger partial charge in [0.2, 0.25) is 11.8 Å². The normalized spacial score (nSPS) is 17.1.